The van der Waals surface area contributed by atoms with Gasteiger partial charge in [-0.05, 0) is 51.6 Å². The number of nitrogens with zero attached hydrogens (tertiary/aromatic N) is 7. The van der Waals surface area contributed by atoms with Crippen molar-refractivity contribution >= 4 is 68.6 Å². The number of pyridine rings is 1. The van der Waals surface area contributed by atoms with E-state index < -0.39 is 20.2 Å². The predicted molar refractivity (Wildman–Crippen MR) is 174 cm³/mol. The maximum absolute atomic E-state index is 15.0. The molecule has 0 amide bonds. The smallest absolute Gasteiger partial charge is 0.252 e. The highest BCUT2D eigenvalue weighted by Gasteiger charge is 2.21. The standard InChI is InChI=1S/C26H31F2N8O2P.I2/c1-15(2)36-16(3)30-25-19(27)11-18(12-22(25)36)24-20(28)13-29-26(33-24)32-23-6-5-17-14-35(8-7-21(17)31-23)10-9-34(4)39(37)38;1-2/h5-6,11-13,15,37-38H,7-10,14H2,1-4H3,(H,29,31,32,33);. The highest BCUT2D eigenvalue weighted by molar-refractivity contribution is 15.0. The fraction of sp³-hybridized carbons (Fsp3) is 0.385. The summed E-state index contributed by atoms with van der Waals surface area (Å²) in [4.78, 5) is 38.3. The van der Waals surface area contributed by atoms with E-state index in [2.05, 4.69) is 62.4 Å². The van der Waals surface area contributed by atoms with E-state index in [1.54, 1.807) is 13.1 Å². The average molecular weight is 810 g/mol. The topological polar surface area (TPSA) is 115 Å². The summed E-state index contributed by atoms with van der Waals surface area (Å²) in [6.45, 7) is 8.56. The zero-order valence-electron chi connectivity index (χ0n) is 23.0. The molecule has 41 heavy (non-hydrogen) atoms. The first-order valence-electron chi connectivity index (χ1n) is 12.8. The van der Waals surface area contributed by atoms with Crippen LogP contribution in [0.25, 0.3) is 22.3 Å². The number of imidazole rings is 1. The van der Waals surface area contributed by atoms with Gasteiger partial charge in [0.05, 0.1) is 11.7 Å². The molecule has 3 N–H and O–H groups in total. The fourth-order valence-corrected chi connectivity index (χ4v) is 5.18. The number of fused-ring (bicyclic) bond motifs is 2. The number of hydrogen-bond donors (Lipinski definition) is 3. The second-order valence-electron chi connectivity index (χ2n) is 9.94. The number of anilines is 2. The molecule has 1 aliphatic heterocycles. The van der Waals surface area contributed by atoms with Crippen LogP contribution in [0.3, 0.4) is 0 Å². The average Bonchev–Trinajstić information content (AvgIpc) is 3.30. The molecule has 0 spiro atoms. The third kappa shape index (κ3) is 7.46. The summed E-state index contributed by atoms with van der Waals surface area (Å²) in [6, 6.07) is 6.80. The Bertz CT molecular complexity index is 1520. The highest BCUT2D eigenvalue weighted by Crippen LogP contribution is 2.31. The van der Waals surface area contributed by atoms with Crippen LogP contribution in [0.15, 0.2) is 30.5 Å². The number of hydrogen-bond acceptors (Lipinski definition) is 9. The van der Waals surface area contributed by atoms with Gasteiger partial charge in [-0.15, -0.1) is 0 Å². The van der Waals surface area contributed by atoms with Crippen LogP contribution in [-0.4, -0.2) is 70.5 Å². The summed E-state index contributed by atoms with van der Waals surface area (Å²) in [5.41, 5.74) is 3.14. The molecule has 0 radical (unpaired) electrons. The van der Waals surface area contributed by atoms with Crippen molar-refractivity contribution in [1.29, 1.82) is 0 Å². The maximum Gasteiger partial charge on any atom is 0.252 e. The van der Waals surface area contributed by atoms with Gasteiger partial charge in [0, 0.05) is 87.1 Å². The Kier molecular flexibility index (Phi) is 11.2. The van der Waals surface area contributed by atoms with E-state index in [0.717, 1.165) is 30.4 Å². The van der Waals surface area contributed by atoms with E-state index in [0.29, 0.717) is 42.4 Å². The molecule has 4 aromatic rings. The normalized spacial score (nSPS) is 13.6. The van der Waals surface area contributed by atoms with Gasteiger partial charge in [-0.3, -0.25) is 4.90 Å². The van der Waals surface area contributed by atoms with Gasteiger partial charge in [0.15, 0.2) is 11.6 Å². The Morgan fingerprint density at radius 2 is 1.88 bits per heavy atom. The molecule has 220 valence electrons. The summed E-state index contributed by atoms with van der Waals surface area (Å²) in [7, 11) is -0.391. The molecule has 0 atom stereocenters. The van der Waals surface area contributed by atoms with Gasteiger partial charge >= 0.3 is 0 Å². The molecule has 0 fully saturated rings. The third-order valence-electron chi connectivity index (χ3n) is 6.87. The number of halogens is 4. The van der Waals surface area contributed by atoms with Gasteiger partial charge in [0.2, 0.25) is 5.95 Å². The minimum Gasteiger partial charge on any atom is -0.338 e. The molecule has 0 saturated heterocycles. The lowest BCUT2D eigenvalue weighted by Crippen LogP contribution is -2.36. The van der Waals surface area contributed by atoms with E-state index in [9.17, 15) is 18.6 Å². The lowest BCUT2D eigenvalue weighted by molar-refractivity contribution is 0.232. The lowest BCUT2D eigenvalue weighted by Gasteiger charge is -2.30. The molecule has 0 bridgehead atoms. The molecule has 5 rings (SSSR count). The molecule has 3 aromatic heterocycles. The molecule has 0 saturated carbocycles. The molecule has 0 unspecified atom stereocenters. The number of benzene rings is 1. The van der Waals surface area contributed by atoms with Gasteiger partial charge in [0.1, 0.15) is 22.9 Å². The minimum absolute atomic E-state index is 0.0181. The zero-order chi connectivity index (χ0) is 29.8. The number of nitrogens with one attached hydrogen (secondary N) is 1. The van der Waals surface area contributed by atoms with Gasteiger partial charge in [0.25, 0.3) is 8.53 Å². The summed E-state index contributed by atoms with van der Waals surface area (Å²) < 4.78 is 33.3. The summed E-state index contributed by atoms with van der Waals surface area (Å²) in [6.07, 6.45) is 1.80. The van der Waals surface area contributed by atoms with Crippen LogP contribution < -0.4 is 5.32 Å². The fourth-order valence-electron chi connectivity index (χ4n) is 4.91. The van der Waals surface area contributed by atoms with Crippen molar-refractivity contribution in [2.45, 2.75) is 39.8 Å². The van der Waals surface area contributed by atoms with Crippen molar-refractivity contribution in [3.8, 4) is 11.3 Å². The van der Waals surface area contributed by atoms with Crippen LogP contribution in [0.2, 0.25) is 0 Å². The quantitative estimate of drug-likeness (QED) is 0.144. The van der Waals surface area contributed by atoms with E-state index in [-0.39, 0.29) is 23.2 Å². The van der Waals surface area contributed by atoms with E-state index in [1.807, 2.05) is 37.5 Å². The van der Waals surface area contributed by atoms with Crippen LogP contribution in [0.1, 0.15) is 37.0 Å². The monoisotopic (exact) mass is 810 g/mol. The van der Waals surface area contributed by atoms with Gasteiger partial charge in [-0.25, -0.2) is 33.4 Å². The Morgan fingerprint density at radius 3 is 2.59 bits per heavy atom. The Balaban J connectivity index is 0.00000189. The van der Waals surface area contributed by atoms with E-state index in [1.165, 1.54) is 10.7 Å². The van der Waals surface area contributed by atoms with Crippen LogP contribution >= 0.6 is 45.8 Å². The van der Waals surface area contributed by atoms with Crippen molar-refractivity contribution in [2.24, 2.45) is 0 Å². The lowest BCUT2D eigenvalue weighted by atomic mass is 10.1. The van der Waals surface area contributed by atoms with Crippen LogP contribution in [0.4, 0.5) is 20.5 Å². The Labute approximate surface area is 261 Å². The summed E-state index contributed by atoms with van der Waals surface area (Å²) >= 11 is 4.24. The molecule has 0 aliphatic carbocycles. The Morgan fingerprint density at radius 1 is 1.12 bits per heavy atom. The van der Waals surface area contributed by atoms with Crippen molar-refractivity contribution in [3.05, 3.63) is 59.2 Å². The molecule has 1 aromatic carbocycles. The van der Waals surface area contributed by atoms with Crippen LogP contribution in [0, 0.1) is 18.6 Å². The number of likely N-dealkylation sites (N-methyl/N-ethyl adjacent to an activating group) is 1. The second-order valence-corrected chi connectivity index (χ2v) is 11.2. The first-order valence-corrected chi connectivity index (χ1v) is 20.3. The van der Waals surface area contributed by atoms with Crippen molar-refractivity contribution in [1.82, 2.24) is 34.1 Å². The van der Waals surface area contributed by atoms with Gasteiger partial charge < -0.3 is 19.7 Å². The van der Waals surface area contributed by atoms with Crippen LogP contribution in [-0.2, 0) is 13.0 Å². The van der Waals surface area contributed by atoms with Crippen LogP contribution in [0.5, 0.6) is 0 Å². The van der Waals surface area contributed by atoms with E-state index >= 15 is 0 Å². The zero-order valence-corrected chi connectivity index (χ0v) is 28.2. The van der Waals surface area contributed by atoms with Gasteiger partial charge in [-0.1, -0.05) is 6.07 Å². The largest absolute Gasteiger partial charge is 0.338 e. The van der Waals surface area contributed by atoms with Crippen molar-refractivity contribution in [2.75, 3.05) is 32.0 Å². The Hall–Kier alpha value is -1.69. The highest BCUT2D eigenvalue weighted by atomic mass is 128. The van der Waals surface area contributed by atoms with E-state index in [4.69, 9.17) is 4.98 Å². The second kappa shape index (κ2) is 14.2. The molecular weight excluding hydrogens is 779 g/mol. The summed E-state index contributed by atoms with van der Waals surface area (Å²) in [5.74, 6) is 0.160. The molecule has 1 aliphatic rings. The predicted octanol–water partition coefficient (Wildman–Crippen LogP) is 6.07. The van der Waals surface area contributed by atoms with Crippen molar-refractivity contribution < 1.29 is 18.6 Å². The van der Waals surface area contributed by atoms with Crippen molar-refractivity contribution in [3.63, 3.8) is 0 Å². The first-order chi connectivity index (χ1) is 19.6. The SMILES string of the molecule is Cc1nc2c(F)cc(-c3nc(Nc4ccc5c(n4)CCN(CCN(C)P(O)O)C5)ncc3F)cc2n1C(C)C.II. The number of aromatic nitrogens is 5. The summed E-state index contributed by atoms with van der Waals surface area (Å²) in [5, 5.41) is 3.06. The molecular formula is C26H31F2I2N8O2P. The minimum atomic E-state index is -2.07. The first kappa shape index (κ1) is 32.2. The molecule has 10 nitrogen and oxygen atoms in total. The molecule has 4 heterocycles. The maximum atomic E-state index is 15.0. The third-order valence-corrected chi connectivity index (χ3v) is 7.68. The number of rotatable bonds is 8. The van der Waals surface area contributed by atoms with Gasteiger partial charge in [-0.2, -0.15) is 0 Å². The number of aryl methyl sites for hydroxylation is 1. The molecule has 15 heteroatoms.